The molecule has 3 fully saturated rings. The van der Waals surface area contributed by atoms with Gasteiger partial charge >= 0.3 is 0 Å². The molecule has 2 aliphatic heterocycles. The molecule has 1 aliphatic carbocycles. The first-order valence-electron chi connectivity index (χ1n) is 20.6. The molecule has 0 radical (unpaired) electrons. The van der Waals surface area contributed by atoms with E-state index in [1.54, 1.807) is 46.0 Å². The molecule has 4 N–H and O–H groups in total. The first kappa shape index (κ1) is 38.9. The second kappa shape index (κ2) is 16.6. The van der Waals surface area contributed by atoms with Crippen molar-refractivity contribution in [3.05, 3.63) is 84.7 Å². The van der Waals surface area contributed by atoms with E-state index in [0.29, 0.717) is 34.6 Å². The normalized spacial score (nSPS) is 20.0. The zero-order valence-electron chi connectivity index (χ0n) is 33.6. The van der Waals surface area contributed by atoms with Crippen LogP contribution in [-0.2, 0) is 16.6 Å². The SMILES string of the molecule is COc1cc(N2CCC(CNC3CCC(n4cc5cc(NC(=O)c6ccc7nccn7n6)c(-c6cnn(C)c6)cc5n4)CC3)CC2)ccc1C(=O)NC1CCC(=O)NC1=O. The summed E-state index contributed by atoms with van der Waals surface area (Å²) >= 11 is 0. The molecule has 1 saturated carbocycles. The molecule has 4 amide bonds. The molecule has 310 valence electrons. The van der Waals surface area contributed by atoms with Crippen LogP contribution in [0.3, 0.4) is 0 Å². The molecule has 0 bridgehead atoms. The Morgan fingerprint density at radius 3 is 2.53 bits per heavy atom. The monoisotopic (exact) mass is 812 g/mol. The minimum atomic E-state index is -0.751. The van der Waals surface area contributed by atoms with E-state index in [2.05, 4.69) is 52.2 Å². The van der Waals surface area contributed by atoms with Crippen LogP contribution in [-0.4, -0.2) is 96.6 Å². The van der Waals surface area contributed by atoms with Crippen LogP contribution >= 0.6 is 0 Å². The molecule has 4 aromatic heterocycles. The highest BCUT2D eigenvalue weighted by molar-refractivity contribution is 6.07. The third-order valence-electron chi connectivity index (χ3n) is 12.1. The lowest BCUT2D eigenvalue weighted by Gasteiger charge is -2.35. The molecule has 1 unspecified atom stereocenters. The number of ether oxygens (including phenoxy) is 1. The summed E-state index contributed by atoms with van der Waals surface area (Å²) in [5.41, 5.74) is 5.54. The quantitative estimate of drug-likeness (QED) is 0.137. The number of carbonyl (C=O) groups excluding carboxylic acids is 4. The Bertz CT molecular complexity index is 2580. The van der Waals surface area contributed by atoms with Crippen LogP contribution in [0.25, 0.3) is 27.7 Å². The molecule has 2 saturated heterocycles. The number of benzene rings is 2. The van der Waals surface area contributed by atoms with Crippen molar-refractivity contribution in [3.8, 4) is 16.9 Å². The zero-order chi connectivity index (χ0) is 41.3. The van der Waals surface area contributed by atoms with E-state index in [9.17, 15) is 19.2 Å². The van der Waals surface area contributed by atoms with Crippen LogP contribution in [0.15, 0.2) is 73.4 Å². The minimum absolute atomic E-state index is 0.191. The fourth-order valence-corrected chi connectivity index (χ4v) is 8.71. The van der Waals surface area contributed by atoms with Crippen LogP contribution in [0.4, 0.5) is 11.4 Å². The average molecular weight is 813 g/mol. The zero-order valence-corrected chi connectivity index (χ0v) is 33.6. The number of imidazole rings is 1. The van der Waals surface area contributed by atoms with Crippen LogP contribution in [0.1, 0.15) is 78.3 Å². The van der Waals surface area contributed by atoms with E-state index >= 15 is 0 Å². The van der Waals surface area contributed by atoms with E-state index in [-0.39, 0.29) is 36.4 Å². The van der Waals surface area contributed by atoms with Gasteiger partial charge in [-0.1, -0.05) is 0 Å². The van der Waals surface area contributed by atoms with Crippen molar-refractivity contribution in [2.75, 3.05) is 37.0 Å². The van der Waals surface area contributed by atoms with Gasteiger partial charge in [-0.15, -0.1) is 0 Å². The Kier molecular flexibility index (Phi) is 10.7. The van der Waals surface area contributed by atoms with E-state index in [4.69, 9.17) is 9.84 Å². The number of anilines is 2. The number of nitrogens with one attached hydrogen (secondary N) is 4. The van der Waals surface area contributed by atoms with Crippen molar-refractivity contribution in [2.24, 2.45) is 13.0 Å². The average Bonchev–Trinajstić information content (AvgIpc) is 4.03. The van der Waals surface area contributed by atoms with Gasteiger partial charge in [0.05, 0.1) is 30.4 Å². The Balaban J connectivity index is 0.778. The summed E-state index contributed by atoms with van der Waals surface area (Å²) in [6.07, 6.45) is 15.9. The fraction of sp³-hybridized carbons (Fsp3) is 0.395. The lowest BCUT2D eigenvalue weighted by atomic mass is 9.90. The predicted molar refractivity (Wildman–Crippen MR) is 224 cm³/mol. The van der Waals surface area contributed by atoms with Gasteiger partial charge in [-0.2, -0.15) is 15.3 Å². The summed E-state index contributed by atoms with van der Waals surface area (Å²) in [4.78, 5) is 56.7. The number of aromatic nitrogens is 7. The number of aryl methyl sites for hydroxylation is 1. The van der Waals surface area contributed by atoms with Crippen molar-refractivity contribution in [1.82, 2.24) is 50.1 Å². The van der Waals surface area contributed by atoms with E-state index in [1.165, 1.54) is 7.11 Å². The second-order valence-electron chi connectivity index (χ2n) is 16.1. The molecule has 9 rings (SSSR count). The molecule has 17 nitrogen and oxygen atoms in total. The van der Waals surface area contributed by atoms with Gasteiger partial charge in [0.25, 0.3) is 11.8 Å². The molecule has 17 heteroatoms. The summed E-state index contributed by atoms with van der Waals surface area (Å²) in [6.45, 7) is 2.79. The molecular weight excluding hydrogens is 765 g/mol. The van der Waals surface area contributed by atoms with Gasteiger partial charge in [-0.3, -0.25) is 33.9 Å². The number of hydrogen-bond acceptors (Lipinski definition) is 11. The number of piperidine rings is 2. The van der Waals surface area contributed by atoms with Crippen molar-refractivity contribution < 1.29 is 23.9 Å². The number of carbonyl (C=O) groups is 4. The van der Waals surface area contributed by atoms with Gasteiger partial charge in [-0.25, -0.2) is 9.50 Å². The number of fused-ring (bicyclic) bond motifs is 2. The summed E-state index contributed by atoms with van der Waals surface area (Å²) < 4.78 is 11.0. The third-order valence-corrected chi connectivity index (χ3v) is 12.1. The van der Waals surface area contributed by atoms with E-state index in [1.807, 2.05) is 37.5 Å². The molecule has 2 aromatic carbocycles. The molecular formula is C43H48N12O5. The van der Waals surface area contributed by atoms with Gasteiger partial charge < -0.3 is 25.6 Å². The van der Waals surface area contributed by atoms with Crippen LogP contribution in [0.2, 0.25) is 0 Å². The van der Waals surface area contributed by atoms with Crippen molar-refractivity contribution in [2.45, 2.75) is 69.5 Å². The Morgan fingerprint density at radius 1 is 0.933 bits per heavy atom. The smallest absolute Gasteiger partial charge is 0.276 e. The molecule has 60 heavy (non-hydrogen) atoms. The second-order valence-corrected chi connectivity index (χ2v) is 16.1. The van der Waals surface area contributed by atoms with Crippen molar-refractivity contribution in [3.63, 3.8) is 0 Å². The van der Waals surface area contributed by atoms with Crippen molar-refractivity contribution >= 4 is 51.6 Å². The standard InChI is InChI=1S/C43H48N12O5/c1-52-24-28(23-46-52)33-21-36-27(19-37(33)48-43(59)35-9-11-39-44-15-18-54(39)50-35)25-55(51-36)30-5-3-29(4-6-30)45-22-26-13-16-53(17-14-26)31-7-8-32(38(20-31)60-2)41(57)47-34-10-12-40(56)49-42(34)58/h7-9,11,15,18-21,23-26,29-30,34,45H,3-6,10,12-14,16-17,22H2,1-2H3,(H,47,57)(H,48,59)(H,49,56,58). The number of amides is 4. The largest absolute Gasteiger partial charge is 0.496 e. The summed E-state index contributed by atoms with van der Waals surface area (Å²) in [7, 11) is 3.40. The van der Waals surface area contributed by atoms with Gasteiger partial charge in [-0.05, 0) is 93.8 Å². The molecule has 6 heterocycles. The first-order valence-corrected chi connectivity index (χ1v) is 20.6. The lowest BCUT2D eigenvalue weighted by molar-refractivity contribution is -0.134. The Morgan fingerprint density at radius 2 is 1.77 bits per heavy atom. The van der Waals surface area contributed by atoms with Crippen LogP contribution in [0, 0.1) is 5.92 Å². The maximum atomic E-state index is 13.4. The summed E-state index contributed by atoms with van der Waals surface area (Å²) in [5.74, 6) is -0.517. The molecule has 1 atom stereocenters. The molecule has 0 spiro atoms. The molecule has 3 aliphatic rings. The van der Waals surface area contributed by atoms with Gasteiger partial charge in [0.1, 0.15) is 17.5 Å². The maximum Gasteiger partial charge on any atom is 0.276 e. The highest BCUT2D eigenvalue weighted by atomic mass is 16.5. The third kappa shape index (κ3) is 8.16. The lowest BCUT2D eigenvalue weighted by Crippen LogP contribution is -2.52. The number of methoxy groups -OCH3 is 1. The fourth-order valence-electron chi connectivity index (χ4n) is 8.71. The number of imide groups is 1. The van der Waals surface area contributed by atoms with Crippen molar-refractivity contribution in [1.29, 1.82) is 0 Å². The Labute approximate surface area is 345 Å². The first-order chi connectivity index (χ1) is 29.2. The van der Waals surface area contributed by atoms with Gasteiger partial charge in [0.2, 0.25) is 11.8 Å². The number of nitrogens with zero attached hydrogens (tertiary/aromatic N) is 8. The Hall–Kier alpha value is -6.62. The predicted octanol–water partition coefficient (Wildman–Crippen LogP) is 4.27. The minimum Gasteiger partial charge on any atom is -0.496 e. The van der Waals surface area contributed by atoms with Crippen LogP contribution in [0.5, 0.6) is 5.75 Å². The number of rotatable bonds is 11. The van der Waals surface area contributed by atoms with Crippen LogP contribution < -0.4 is 30.9 Å². The maximum absolute atomic E-state index is 13.4. The van der Waals surface area contributed by atoms with Gasteiger partial charge in [0, 0.05) is 91.3 Å². The number of hydrogen-bond donors (Lipinski definition) is 4. The summed E-state index contributed by atoms with van der Waals surface area (Å²) in [5, 5.41) is 26.8. The van der Waals surface area contributed by atoms with Gasteiger partial charge in [0.15, 0.2) is 5.65 Å². The highest BCUT2D eigenvalue weighted by Crippen LogP contribution is 2.35. The highest BCUT2D eigenvalue weighted by Gasteiger charge is 2.30. The van der Waals surface area contributed by atoms with E-state index < -0.39 is 17.9 Å². The van der Waals surface area contributed by atoms with E-state index in [0.717, 1.165) is 85.9 Å². The molecule has 6 aromatic rings. The summed E-state index contributed by atoms with van der Waals surface area (Å²) in [6, 6.07) is 13.0. The topological polar surface area (TPSA) is 195 Å².